The van der Waals surface area contributed by atoms with Crippen molar-refractivity contribution in [1.82, 2.24) is 0 Å². The molecule has 1 fully saturated rings. The van der Waals surface area contributed by atoms with Gasteiger partial charge in [0.25, 0.3) is 70.0 Å². The summed E-state index contributed by atoms with van der Waals surface area (Å²) < 4.78 is 44.4. The fourth-order valence-electron chi connectivity index (χ4n) is 1.33. The van der Waals surface area contributed by atoms with Crippen LogP contribution in [0, 0.1) is 0 Å². The molecule has 120 valence electrons. The van der Waals surface area contributed by atoms with Gasteiger partial charge < -0.3 is 32.9 Å². The van der Waals surface area contributed by atoms with Crippen LogP contribution in [0.4, 0.5) is 0 Å². The van der Waals surface area contributed by atoms with Gasteiger partial charge in [0, 0.05) is 0 Å². The maximum Gasteiger partial charge on any atom is 0.303 e. The minimum atomic E-state index is -1.57. The van der Waals surface area contributed by atoms with Crippen molar-refractivity contribution in [3.05, 3.63) is 0 Å². The first-order valence-corrected chi connectivity index (χ1v) is 16.5. The first kappa shape index (κ1) is 19.5. The Morgan fingerprint density at radius 2 is 1.05 bits per heavy atom. The molecule has 1 saturated heterocycles. The molecule has 0 aromatic heterocycles. The van der Waals surface area contributed by atoms with Gasteiger partial charge in [-0.05, 0) is 6.04 Å². The second-order valence-electron chi connectivity index (χ2n) is 3.95. The molecule has 16 heteroatoms. The molecule has 0 saturated carbocycles. The van der Waals surface area contributed by atoms with Crippen LogP contribution in [0.3, 0.4) is 0 Å². The Labute approximate surface area is 138 Å². The Morgan fingerprint density at radius 1 is 0.650 bits per heavy atom. The summed E-state index contributed by atoms with van der Waals surface area (Å²) in [6.45, 7) is 2.17. The van der Waals surface area contributed by atoms with E-state index in [1.54, 1.807) is 0 Å². The van der Waals surface area contributed by atoms with Crippen molar-refractivity contribution in [2.45, 2.75) is 25.8 Å². The topological polar surface area (TPSA) is 73.8 Å². The lowest BCUT2D eigenvalue weighted by Gasteiger charge is -2.17. The molecule has 0 N–H and O–H groups in total. The number of rotatable bonds is 3. The van der Waals surface area contributed by atoms with Crippen LogP contribution in [0.1, 0.15) is 19.8 Å². The second-order valence-corrected chi connectivity index (χ2v) is 19.5. The third-order valence-electron chi connectivity index (χ3n) is 2.30. The summed E-state index contributed by atoms with van der Waals surface area (Å²) in [6.07, 6.45) is 2.31. The van der Waals surface area contributed by atoms with Crippen LogP contribution < -0.4 is 0 Å². The molecular weight excluding hydrogens is 401 g/mol. The summed E-state index contributed by atoms with van der Waals surface area (Å²) in [5.74, 6) is 0. The fourth-order valence-corrected chi connectivity index (χ4v) is 17.7. The Morgan fingerprint density at radius 3 is 1.45 bits per heavy atom. The summed E-state index contributed by atoms with van der Waals surface area (Å²) in [5, 5.41) is 0. The van der Waals surface area contributed by atoms with Crippen molar-refractivity contribution >= 4 is 79.3 Å². The zero-order chi connectivity index (χ0) is 14.3. The van der Waals surface area contributed by atoms with E-state index in [2.05, 4.69) is 6.92 Å². The van der Waals surface area contributed by atoms with Gasteiger partial charge in [0.2, 0.25) is 0 Å². The van der Waals surface area contributed by atoms with Crippen molar-refractivity contribution in [1.29, 1.82) is 0 Å². The van der Waals surface area contributed by atoms with Crippen molar-refractivity contribution < 1.29 is 32.9 Å². The van der Waals surface area contributed by atoms with Crippen molar-refractivity contribution in [3.8, 4) is 0 Å². The lowest BCUT2D eigenvalue weighted by molar-refractivity contribution is 0.337. The minimum Gasteiger partial charge on any atom is -0.425 e. The van der Waals surface area contributed by atoms with Gasteiger partial charge in [-0.1, -0.05) is 19.8 Å². The fraction of sp³-hybridized carbons (Fsp3) is 1.00. The van der Waals surface area contributed by atoms with Crippen molar-refractivity contribution in [2.24, 2.45) is 0 Å². The highest BCUT2D eigenvalue weighted by Crippen LogP contribution is 2.03. The van der Waals surface area contributed by atoms with Crippen LogP contribution in [0.2, 0.25) is 6.04 Å². The van der Waals surface area contributed by atoms with Gasteiger partial charge in [0.05, 0.1) is 0 Å². The van der Waals surface area contributed by atoms with Crippen LogP contribution in [-0.4, -0.2) is 79.3 Å². The molecule has 0 atom stereocenters. The molecule has 0 spiro atoms. The molecule has 1 aliphatic rings. The molecule has 0 bridgehead atoms. The van der Waals surface area contributed by atoms with Gasteiger partial charge in [-0.15, -0.1) is 0 Å². The molecule has 1 rings (SSSR count). The maximum absolute atomic E-state index is 5.83. The average Bonchev–Trinajstić information content (AvgIpc) is 2.46. The van der Waals surface area contributed by atoms with Crippen LogP contribution in [-0.2, 0) is 32.9 Å². The normalized spacial score (nSPS) is 33.8. The van der Waals surface area contributed by atoms with Gasteiger partial charge >= 0.3 is 9.28 Å². The minimum absolute atomic E-state index is 0.893. The zero-order valence-electron chi connectivity index (χ0n) is 11.9. The Bertz CT molecular complexity index is 199. The lowest BCUT2D eigenvalue weighted by Crippen LogP contribution is -2.30. The van der Waals surface area contributed by atoms with Crippen LogP contribution in [0.15, 0.2) is 0 Å². The van der Waals surface area contributed by atoms with Gasteiger partial charge in [-0.25, -0.2) is 0 Å². The molecule has 0 radical (unpaired) electrons. The van der Waals surface area contributed by atoms with Crippen LogP contribution in [0.25, 0.3) is 0 Å². The third-order valence-corrected chi connectivity index (χ3v) is 15.2. The molecule has 0 aromatic carbocycles. The highest BCUT2D eigenvalue weighted by molar-refractivity contribution is 6.58. The van der Waals surface area contributed by atoms with E-state index in [0.29, 0.717) is 0 Å². The number of unbranched alkanes of at least 4 members (excludes halogenated alkanes) is 1. The van der Waals surface area contributed by atoms with E-state index < -0.39 is 79.3 Å². The van der Waals surface area contributed by atoms with Crippen LogP contribution >= 0.6 is 0 Å². The second kappa shape index (κ2) is 15.3. The Balaban J connectivity index is 2.20. The van der Waals surface area contributed by atoms with E-state index in [-0.39, 0.29) is 0 Å². The van der Waals surface area contributed by atoms with E-state index in [1.807, 2.05) is 0 Å². The van der Waals surface area contributed by atoms with Crippen molar-refractivity contribution in [3.63, 3.8) is 0 Å². The van der Waals surface area contributed by atoms with Crippen molar-refractivity contribution in [2.75, 3.05) is 0 Å². The first-order chi connectivity index (χ1) is 9.93. The Kier molecular flexibility index (Phi) is 14.9. The van der Waals surface area contributed by atoms with Gasteiger partial charge in [0.15, 0.2) is 0 Å². The molecule has 0 amide bonds. The third kappa shape index (κ3) is 12.0. The van der Waals surface area contributed by atoms with Gasteiger partial charge in [-0.2, -0.15) is 0 Å². The Hall–Kier alpha value is 1.42. The highest BCUT2D eigenvalue weighted by atomic mass is 28.4. The first-order valence-electron chi connectivity index (χ1n) is 6.63. The van der Waals surface area contributed by atoms with Gasteiger partial charge in [-0.3, -0.25) is 0 Å². The largest absolute Gasteiger partial charge is 0.425 e. The molecule has 1 aliphatic heterocycles. The van der Waals surface area contributed by atoms with E-state index in [0.717, 1.165) is 18.9 Å². The van der Waals surface area contributed by atoms with Crippen LogP contribution in [0.5, 0.6) is 0 Å². The molecule has 0 unspecified atom stereocenters. The van der Waals surface area contributed by atoms with E-state index in [4.69, 9.17) is 32.9 Å². The smallest absolute Gasteiger partial charge is 0.303 e. The standard InChI is InChI=1S/C4H24O8Si8/c1-2-3-4-20-11-18-9-16-7-14-5-13-6-15-8-17-10-19-12-20/h20H,2-4,13-19H2,1H3. The summed E-state index contributed by atoms with van der Waals surface area (Å²) in [5.41, 5.74) is 0. The number of hydrogen-bond donors (Lipinski definition) is 0. The quantitative estimate of drug-likeness (QED) is 0.415. The highest BCUT2D eigenvalue weighted by Gasteiger charge is 2.13. The van der Waals surface area contributed by atoms with E-state index in [9.17, 15) is 0 Å². The molecule has 20 heavy (non-hydrogen) atoms. The average molecular weight is 425 g/mol. The van der Waals surface area contributed by atoms with Gasteiger partial charge in [0.1, 0.15) is 0 Å². The predicted molar refractivity (Wildman–Crippen MR) is 95.4 cm³/mol. The molecule has 8 nitrogen and oxygen atoms in total. The SMILES string of the molecule is CCCC[SiH]1O[SiH2]O[SiH2]O[SiH2]O[SiH2]O[SiH2]O[SiH2]O[SiH2]O1. The summed E-state index contributed by atoms with van der Waals surface area (Å²) in [7, 11) is -8.00. The molecule has 0 aromatic rings. The molecular formula is C4H24O8Si8. The van der Waals surface area contributed by atoms with E-state index in [1.165, 1.54) is 0 Å². The molecule has 1 heterocycles. The monoisotopic (exact) mass is 424 g/mol. The van der Waals surface area contributed by atoms with E-state index >= 15 is 0 Å². The summed E-state index contributed by atoms with van der Waals surface area (Å²) in [6, 6.07) is 1.04. The summed E-state index contributed by atoms with van der Waals surface area (Å²) in [4.78, 5) is 0. The summed E-state index contributed by atoms with van der Waals surface area (Å²) >= 11 is 0. The predicted octanol–water partition coefficient (Wildman–Crippen LogP) is -5.85. The lowest BCUT2D eigenvalue weighted by atomic mass is 10.4. The maximum atomic E-state index is 5.83. The molecule has 0 aliphatic carbocycles. The zero-order valence-corrected chi connectivity index (χ0v) is 23.0. The number of hydrogen-bond acceptors (Lipinski definition) is 8.